The van der Waals surface area contributed by atoms with Crippen molar-refractivity contribution in [2.45, 2.75) is 166 Å². The number of aliphatic carboxylic acids is 1. The first-order valence-corrected chi connectivity index (χ1v) is 22.9. The lowest BCUT2D eigenvalue weighted by molar-refractivity contribution is -0.151. The fraction of sp³-hybridized carbons (Fsp3) is 0.583. The van der Waals surface area contributed by atoms with Gasteiger partial charge in [-0.1, -0.05) is 139 Å². The van der Waals surface area contributed by atoms with Gasteiger partial charge in [0.25, 0.3) is 5.91 Å². The average molecular weight is 908 g/mol. The Hall–Kier alpha value is -5.84. The maximum atomic E-state index is 13.3. The third-order valence-electron chi connectivity index (χ3n) is 11.1. The van der Waals surface area contributed by atoms with E-state index in [0.29, 0.717) is 18.4 Å². The molecular weight excluding hydrogens is 835 g/mol. The summed E-state index contributed by atoms with van der Waals surface area (Å²) in [4.78, 5) is 102. The number of aliphatic hydroxyl groups excluding tert-OH is 1. The van der Waals surface area contributed by atoms with Crippen molar-refractivity contribution in [1.82, 2.24) is 26.2 Å². The van der Waals surface area contributed by atoms with Crippen molar-refractivity contribution < 1.29 is 48.6 Å². The topological polar surface area (TPSA) is 280 Å². The number of benzene rings is 2. The number of carbonyl (C=O) groups excluding carboxylic acids is 7. The minimum atomic E-state index is -1.67. The number of hydrogen-bond acceptors (Lipinski definition) is 9. The van der Waals surface area contributed by atoms with Gasteiger partial charge in [0.1, 0.15) is 24.2 Å². The Morgan fingerprint density at radius 2 is 1.00 bits per heavy atom. The normalized spacial score (nSPS) is 13.9. The first kappa shape index (κ1) is 55.3. The summed E-state index contributed by atoms with van der Waals surface area (Å²) in [6.45, 7) is 5.15. The molecule has 0 aliphatic carbocycles. The Morgan fingerprint density at radius 1 is 0.569 bits per heavy atom. The number of carboxylic acids is 1. The van der Waals surface area contributed by atoms with Gasteiger partial charge in [-0.15, -0.1) is 0 Å². The van der Waals surface area contributed by atoms with E-state index in [0.717, 1.165) is 74.7 Å². The summed E-state index contributed by atoms with van der Waals surface area (Å²) in [6.07, 6.45) is 10.4. The van der Waals surface area contributed by atoms with Gasteiger partial charge in [-0.25, -0.2) is 4.79 Å². The first-order chi connectivity index (χ1) is 30.9. The summed E-state index contributed by atoms with van der Waals surface area (Å²) >= 11 is 0. The van der Waals surface area contributed by atoms with E-state index in [4.69, 9.17) is 11.5 Å². The number of nitrogens with two attached hydrogens (primary N) is 2. The van der Waals surface area contributed by atoms with Gasteiger partial charge in [-0.05, 0) is 43.2 Å². The molecule has 0 unspecified atom stereocenters. The van der Waals surface area contributed by atoms with Crippen LogP contribution in [0.15, 0.2) is 60.7 Å². The Kier molecular flexibility index (Phi) is 25.8. The first-order valence-electron chi connectivity index (χ1n) is 22.9. The molecule has 0 saturated carbocycles. The molecule has 65 heavy (non-hydrogen) atoms. The zero-order valence-electron chi connectivity index (χ0n) is 38.6. The van der Waals surface area contributed by atoms with Gasteiger partial charge in [-0.2, -0.15) is 0 Å². The van der Waals surface area contributed by atoms with Gasteiger partial charge < -0.3 is 47.8 Å². The van der Waals surface area contributed by atoms with Crippen molar-refractivity contribution in [2.24, 2.45) is 17.4 Å². The molecule has 10 N–H and O–H groups in total. The molecule has 17 nitrogen and oxygen atoms in total. The summed E-state index contributed by atoms with van der Waals surface area (Å²) in [5.74, 6) is -6.12. The van der Waals surface area contributed by atoms with Crippen LogP contribution < -0.4 is 32.7 Å². The highest BCUT2D eigenvalue weighted by Gasteiger charge is 2.35. The Balaban J connectivity index is 1.62. The van der Waals surface area contributed by atoms with Crippen LogP contribution in [-0.4, -0.2) is 106 Å². The van der Waals surface area contributed by atoms with E-state index in [1.54, 1.807) is 30.3 Å². The highest BCUT2D eigenvalue weighted by molar-refractivity contribution is 6.07. The smallest absolute Gasteiger partial charge is 0.326 e. The third-order valence-corrected chi connectivity index (χ3v) is 11.1. The lowest BCUT2D eigenvalue weighted by atomic mass is 10.0. The molecule has 2 aromatic carbocycles. The number of rotatable bonds is 33. The molecular formula is C48H73N7O10. The summed E-state index contributed by atoms with van der Waals surface area (Å²) in [5, 5.41) is 30.4. The van der Waals surface area contributed by atoms with Crippen LogP contribution in [0.1, 0.15) is 128 Å². The molecule has 0 spiro atoms. The number of aliphatic hydroxyl groups is 1. The number of unbranched alkanes of at least 4 members (excludes halogenated alkanes) is 11. The SMILES string of the molecule is CC(C)C[C@H](NC(=O)[C@@H](NC(=O)CCCCCCCCCCCCCCC(=O)N[C@@H](C(N)=O)C(=O)N(C)[C@H](Cc1ccccc1)C(=O)O)[C@H](C)O)C(=O)N[C@@H](Cc1ccccc1)C(N)=O. The van der Waals surface area contributed by atoms with Gasteiger partial charge in [0.2, 0.25) is 35.4 Å². The molecule has 0 radical (unpaired) electrons. The van der Waals surface area contributed by atoms with Crippen LogP contribution in [0.25, 0.3) is 0 Å². The maximum Gasteiger partial charge on any atom is 0.326 e. The number of carbonyl (C=O) groups is 8. The Labute approximate surface area is 383 Å². The van der Waals surface area contributed by atoms with Gasteiger partial charge in [0.05, 0.1) is 6.10 Å². The number of hydrogen-bond donors (Lipinski definition) is 8. The number of carboxylic acid groups (broad SMARTS) is 1. The van der Waals surface area contributed by atoms with Crippen molar-refractivity contribution in [3.05, 3.63) is 71.8 Å². The molecule has 6 atom stereocenters. The molecule has 0 saturated heterocycles. The fourth-order valence-corrected chi connectivity index (χ4v) is 7.37. The number of nitrogens with one attached hydrogen (secondary N) is 4. The van der Waals surface area contributed by atoms with E-state index < -0.39 is 77.7 Å². The molecule has 0 bridgehead atoms. The number of amides is 7. The second-order valence-corrected chi connectivity index (χ2v) is 17.3. The van der Waals surface area contributed by atoms with Crippen molar-refractivity contribution in [3.63, 3.8) is 0 Å². The lowest BCUT2D eigenvalue weighted by Crippen LogP contribution is -2.59. The maximum absolute atomic E-state index is 13.3. The zero-order chi connectivity index (χ0) is 48.3. The quantitative estimate of drug-likeness (QED) is 0.0383. The van der Waals surface area contributed by atoms with Gasteiger partial charge in [0, 0.05) is 32.7 Å². The molecule has 0 heterocycles. The molecule has 7 amide bonds. The Bertz CT molecular complexity index is 1810. The molecule has 0 aliphatic rings. The monoisotopic (exact) mass is 908 g/mol. The summed E-state index contributed by atoms with van der Waals surface area (Å²) in [6, 6.07) is 11.6. The largest absolute Gasteiger partial charge is 0.480 e. The van der Waals surface area contributed by atoms with Crippen LogP contribution in [-0.2, 0) is 51.2 Å². The van der Waals surface area contributed by atoms with Crippen molar-refractivity contribution in [3.8, 4) is 0 Å². The zero-order valence-corrected chi connectivity index (χ0v) is 38.6. The van der Waals surface area contributed by atoms with E-state index in [9.17, 15) is 48.6 Å². The van der Waals surface area contributed by atoms with Gasteiger partial charge in [-0.3, -0.25) is 33.6 Å². The predicted octanol–water partition coefficient (Wildman–Crippen LogP) is 3.18. The van der Waals surface area contributed by atoms with Crippen LogP contribution in [0.2, 0.25) is 0 Å². The van der Waals surface area contributed by atoms with Crippen LogP contribution >= 0.6 is 0 Å². The van der Waals surface area contributed by atoms with E-state index in [1.807, 2.05) is 44.2 Å². The Morgan fingerprint density at radius 3 is 1.42 bits per heavy atom. The lowest BCUT2D eigenvalue weighted by Gasteiger charge is -2.28. The van der Waals surface area contributed by atoms with Gasteiger partial charge in [0.15, 0.2) is 6.04 Å². The average Bonchev–Trinajstić information content (AvgIpc) is 3.25. The second kappa shape index (κ2) is 30.3. The second-order valence-electron chi connectivity index (χ2n) is 17.3. The van der Waals surface area contributed by atoms with Crippen LogP contribution in [0.5, 0.6) is 0 Å². The molecule has 0 aromatic heterocycles. The van der Waals surface area contributed by atoms with Crippen LogP contribution in [0.4, 0.5) is 0 Å². The van der Waals surface area contributed by atoms with Crippen LogP contribution in [0.3, 0.4) is 0 Å². The summed E-state index contributed by atoms with van der Waals surface area (Å²) in [5.41, 5.74) is 12.5. The van der Waals surface area contributed by atoms with Crippen molar-refractivity contribution >= 4 is 47.3 Å². The minimum absolute atomic E-state index is 0.00510. The standard InChI is InChI=1S/C48H73N7O10/c1-32(2)29-37(45(61)51-36(43(49)59)30-34-23-17-15-18-24-34)52-46(62)41(33(3)56)53-39(57)27-21-13-11-9-7-5-6-8-10-12-14-22-28-40(58)54-42(44(50)60)47(63)55(4)38(48(64)65)31-35-25-19-16-20-26-35/h15-20,23-26,32-33,36-38,41-42,56H,5-14,21-22,27-31H2,1-4H3,(H2,49,59)(H2,50,60)(H,51,61)(H,52,62)(H,53,57)(H,54,58)(H,64,65)/t33-,36-,37-,38+,41-,42-/m0/s1. The van der Waals surface area contributed by atoms with Crippen molar-refractivity contribution in [1.29, 1.82) is 0 Å². The number of primary amides is 2. The predicted molar refractivity (Wildman–Crippen MR) is 246 cm³/mol. The molecule has 17 heteroatoms. The fourth-order valence-electron chi connectivity index (χ4n) is 7.37. The van der Waals surface area contributed by atoms with E-state index in [1.165, 1.54) is 14.0 Å². The molecule has 360 valence electrons. The third kappa shape index (κ3) is 22.1. The van der Waals surface area contributed by atoms with E-state index in [2.05, 4.69) is 21.3 Å². The molecule has 2 aromatic rings. The summed E-state index contributed by atoms with van der Waals surface area (Å²) in [7, 11) is 1.27. The molecule has 0 fully saturated rings. The van der Waals surface area contributed by atoms with E-state index in [-0.39, 0.29) is 43.9 Å². The highest BCUT2D eigenvalue weighted by Crippen LogP contribution is 2.15. The minimum Gasteiger partial charge on any atom is -0.480 e. The highest BCUT2D eigenvalue weighted by atomic mass is 16.4. The van der Waals surface area contributed by atoms with Crippen LogP contribution in [0, 0.1) is 5.92 Å². The van der Waals surface area contributed by atoms with Crippen molar-refractivity contribution in [2.75, 3.05) is 7.05 Å². The number of likely N-dealkylation sites (N-methyl/N-ethyl adjacent to an activating group) is 1. The number of nitrogens with zero attached hydrogens (tertiary/aromatic N) is 1. The molecule has 2 rings (SSSR count). The summed E-state index contributed by atoms with van der Waals surface area (Å²) < 4.78 is 0. The molecule has 0 aliphatic heterocycles. The van der Waals surface area contributed by atoms with E-state index >= 15 is 0 Å². The van der Waals surface area contributed by atoms with Gasteiger partial charge >= 0.3 is 5.97 Å².